The number of ether oxygens (including phenoxy) is 1. The van der Waals surface area contributed by atoms with Crippen molar-refractivity contribution in [2.24, 2.45) is 5.92 Å². The molecule has 3 heterocycles. The van der Waals surface area contributed by atoms with Gasteiger partial charge in [0.05, 0.1) is 11.8 Å². The summed E-state index contributed by atoms with van der Waals surface area (Å²) in [7, 11) is 0. The summed E-state index contributed by atoms with van der Waals surface area (Å²) in [5, 5.41) is 0. The number of nitrogens with zero attached hydrogens (tertiary/aromatic N) is 3. The van der Waals surface area contributed by atoms with Crippen LogP contribution < -0.4 is 0 Å². The number of hydrogen-bond acceptors (Lipinski definition) is 4. The van der Waals surface area contributed by atoms with Gasteiger partial charge in [0.15, 0.2) is 0 Å². The Morgan fingerprint density at radius 1 is 1.40 bits per heavy atom. The molecular formula is C20H27N3O2. The molecule has 1 aliphatic carbocycles. The van der Waals surface area contributed by atoms with Crippen molar-refractivity contribution in [3.05, 3.63) is 35.4 Å². The minimum atomic E-state index is 0.0489. The van der Waals surface area contributed by atoms with Crippen LogP contribution in [0.4, 0.5) is 0 Å². The molecule has 0 radical (unpaired) electrons. The van der Waals surface area contributed by atoms with Crippen molar-refractivity contribution in [2.75, 3.05) is 13.1 Å². The normalized spacial score (nSPS) is 29.2. The molecule has 0 bridgehead atoms. The number of hydrogen-bond donors (Lipinski definition) is 0. The molecule has 1 amide bonds. The molecule has 5 nitrogen and oxygen atoms in total. The second-order valence-electron chi connectivity index (χ2n) is 7.60. The Hall–Kier alpha value is -1.75. The molecule has 0 N–H and O–H groups in total. The molecular weight excluding hydrogens is 314 g/mol. The van der Waals surface area contributed by atoms with Gasteiger partial charge in [-0.15, -0.1) is 0 Å². The van der Waals surface area contributed by atoms with E-state index in [-0.39, 0.29) is 18.1 Å². The van der Waals surface area contributed by atoms with Gasteiger partial charge in [0.2, 0.25) is 5.91 Å². The summed E-state index contributed by atoms with van der Waals surface area (Å²) in [4.78, 5) is 23.4. The second kappa shape index (κ2) is 7.24. The number of aryl methyl sites for hydroxylation is 1. The first-order chi connectivity index (χ1) is 12.2. The zero-order valence-electron chi connectivity index (χ0n) is 15.0. The van der Waals surface area contributed by atoms with E-state index in [2.05, 4.69) is 16.0 Å². The van der Waals surface area contributed by atoms with Crippen molar-refractivity contribution in [3.63, 3.8) is 0 Å². The van der Waals surface area contributed by atoms with Crippen LogP contribution in [-0.2, 0) is 9.53 Å². The third-order valence-corrected chi connectivity index (χ3v) is 5.80. The highest BCUT2D eigenvalue weighted by molar-refractivity contribution is 5.79. The molecule has 2 aliphatic heterocycles. The number of carbonyl (C=O) groups is 1. The Kier molecular flexibility index (Phi) is 4.84. The molecule has 134 valence electrons. The van der Waals surface area contributed by atoms with E-state index in [1.54, 1.807) is 6.20 Å². The fourth-order valence-corrected chi connectivity index (χ4v) is 4.37. The summed E-state index contributed by atoms with van der Waals surface area (Å²) >= 11 is 0. The van der Waals surface area contributed by atoms with Crippen LogP contribution in [-0.4, -0.2) is 40.0 Å². The predicted octanol–water partition coefficient (Wildman–Crippen LogP) is 3.35. The van der Waals surface area contributed by atoms with Crippen LogP contribution in [0.2, 0.25) is 0 Å². The number of likely N-dealkylation sites (tertiary alicyclic amines) is 1. The van der Waals surface area contributed by atoms with E-state index in [0.29, 0.717) is 12.3 Å². The molecule has 1 aromatic rings. The van der Waals surface area contributed by atoms with Gasteiger partial charge in [0, 0.05) is 25.7 Å². The minimum Gasteiger partial charge on any atom is -0.367 e. The zero-order valence-corrected chi connectivity index (χ0v) is 15.0. The molecule has 3 aliphatic rings. The smallest absolute Gasteiger partial charge is 0.226 e. The first-order valence-electron chi connectivity index (χ1n) is 9.60. The van der Waals surface area contributed by atoms with Crippen molar-refractivity contribution in [3.8, 4) is 0 Å². The van der Waals surface area contributed by atoms with Crippen LogP contribution >= 0.6 is 0 Å². The highest BCUT2D eigenvalue weighted by Crippen LogP contribution is 2.40. The van der Waals surface area contributed by atoms with Crippen LogP contribution in [0, 0.1) is 12.8 Å². The molecule has 0 aromatic carbocycles. The van der Waals surface area contributed by atoms with Gasteiger partial charge in [-0.3, -0.25) is 4.79 Å². The van der Waals surface area contributed by atoms with Crippen molar-refractivity contribution in [2.45, 2.75) is 64.1 Å². The number of amides is 1. The van der Waals surface area contributed by atoms with Gasteiger partial charge in [-0.1, -0.05) is 11.6 Å². The third-order valence-electron chi connectivity index (χ3n) is 5.80. The van der Waals surface area contributed by atoms with Crippen LogP contribution in [0.15, 0.2) is 23.9 Å². The first kappa shape index (κ1) is 16.7. The lowest BCUT2D eigenvalue weighted by molar-refractivity contribution is -0.135. The third kappa shape index (κ3) is 3.76. The largest absolute Gasteiger partial charge is 0.367 e. The first-order valence-corrected chi connectivity index (χ1v) is 9.60. The van der Waals surface area contributed by atoms with E-state index in [1.165, 1.54) is 18.4 Å². The number of piperidine rings is 1. The second-order valence-corrected chi connectivity index (χ2v) is 7.60. The van der Waals surface area contributed by atoms with Crippen LogP contribution in [0.1, 0.15) is 62.6 Å². The molecule has 0 unspecified atom stereocenters. The van der Waals surface area contributed by atoms with Crippen LogP contribution in [0.25, 0.3) is 0 Å². The Bertz CT molecular complexity index is 673. The number of fused-ring (bicyclic) bond motifs is 1. The molecule has 0 saturated carbocycles. The number of rotatable bonds is 3. The standard InChI is InChI=1S/C20H27N3O2/c1-14-21-9-7-17(22-14)18-12-16-8-10-23(13-19(16)25-18)20(24)11-15-5-3-2-4-6-15/h5,7,9,16,18-19H,2-4,6,8,10-13H2,1H3/t16-,18+,19+/m1/s1. The van der Waals surface area contributed by atoms with E-state index in [1.807, 2.05) is 17.9 Å². The lowest BCUT2D eigenvalue weighted by atomic mass is 9.90. The monoisotopic (exact) mass is 341 g/mol. The molecule has 25 heavy (non-hydrogen) atoms. The Morgan fingerprint density at radius 2 is 2.32 bits per heavy atom. The highest BCUT2D eigenvalue weighted by atomic mass is 16.5. The molecule has 2 saturated heterocycles. The fourth-order valence-electron chi connectivity index (χ4n) is 4.37. The number of allylic oxidation sites excluding steroid dienone is 1. The SMILES string of the molecule is Cc1nccc([C@@H]2C[C@H]3CCN(C(=O)CC4=CCCCC4)C[C@@H]3O2)n1. The van der Waals surface area contributed by atoms with Gasteiger partial charge >= 0.3 is 0 Å². The van der Waals surface area contributed by atoms with Gasteiger partial charge in [-0.2, -0.15) is 0 Å². The molecule has 4 rings (SSSR count). The quantitative estimate of drug-likeness (QED) is 0.791. The van der Waals surface area contributed by atoms with Crippen molar-refractivity contribution < 1.29 is 9.53 Å². The molecule has 1 aromatic heterocycles. The highest BCUT2D eigenvalue weighted by Gasteiger charge is 2.41. The van der Waals surface area contributed by atoms with Gasteiger partial charge in [0.1, 0.15) is 11.9 Å². The molecule has 3 atom stereocenters. The summed E-state index contributed by atoms with van der Waals surface area (Å²) in [5.74, 6) is 1.60. The van der Waals surface area contributed by atoms with Gasteiger partial charge < -0.3 is 9.64 Å². The fraction of sp³-hybridized carbons (Fsp3) is 0.650. The maximum Gasteiger partial charge on any atom is 0.226 e. The van der Waals surface area contributed by atoms with E-state index >= 15 is 0 Å². The molecule has 5 heteroatoms. The van der Waals surface area contributed by atoms with E-state index < -0.39 is 0 Å². The van der Waals surface area contributed by atoms with Crippen LogP contribution in [0.3, 0.4) is 0 Å². The Balaban J connectivity index is 1.36. The molecule has 0 spiro atoms. The maximum absolute atomic E-state index is 12.7. The Morgan fingerprint density at radius 3 is 3.12 bits per heavy atom. The zero-order chi connectivity index (χ0) is 17.2. The molecule has 2 fully saturated rings. The summed E-state index contributed by atoms with van der Waals surface area (Å²) < 4.78 is 6.28. The summed E-state index contributed by atoms with van der Waals surface area (Å²) in [6, 6.07) is 1.95. The van der Waals surface area contributed by atoms with Crippen molar-refractivity contribution in [1.82, 2.24) is 14.9 Å². The van der Waals surface area contributed by atoms with Gasteiger partial charge in [-0.25, -0.2) is 9.97 Å². The number of carbonyl (C=O) groups excluding carboxylic acids is 1. The van der Waals surface area contributed by atoms with Gasteiger partial charge in [-0.05, 0) is 57.4 Å². The van der Waals surface area contributed by atoms with Crippen LogP contribution in [0.5, 0.6) is 0 Å². The summed E-state index contributed by atoms with van der Waals surface area (Å²) in [6.45, 7) is 3.51. The average molecular weight is 341 g/mol. The van der Waals surface area contributed by atoms with E-state index in [9.17, 15) is 4.79 Å². The topological polar surface area (TPSA) is 55.3 Å². The average Bonchev–Trinajstić information content (AvgIpc) is 3.06. The van der Waals surface area contributed by atoms with Crippen molar-refractivity contribution >= 4 is 5.91 Å². The minimum absolute atomic E-state index is 0.0489. The Labute approximate surface area is 149 Å². The van der Waals surface area contributed by atoms with E-state index in [0.717, 1.165) is 50.3 Å². The van der Waals surface area contributed by atoms with Gasteiger partial charge in [0.25, 0.3) is 0 Å². The number of aromatic nitrogens is 2. The van der Waals surface area contributed by atoms with Crippen molar-refractivity contribution in [1.29, 1.82) is 0 Å². The lowest BCUT2D eigenvalue weighted by Crippen LogP contribution is -2.45. The summed E-state index contributed by atoms with van der Waals surface area (Å²) in [5.41, 5.74) is 2.31. The summed E-state index contributed by atoms with van der Waals surface area (Å²) in [6.07, 6.45) is 11.6. The predicted molar refractivity (Wildman–Crippen MR) is 94.9 cm³/mol. The maximum atomic E-state index is 12.7. The van der Waals surface area contributed by atoms with E-state index in [4.69, 9.17) is 4.74 Å². The lowest BCUT2D eigenvalue weighted by Gasteiger charge is -2.34.